The highest BCUT2D eigenvalue weighted by Crippen LogP contribution is 2.05. The van der Waals surface area contributed by atoms with Gasteiger partial charge in [-0.15, -0.1) is 0 Å². The third kappa shape index (κ3) is 75.4. The number of carboxylic acid groups (broad SMARTS) is 1. The smallest absolute Gasteiger partial charge is 0.305 e. The molecule has 0 aliphatic carbocycles. The van der Waals surface area contributed by atoms with Crippen molar-refractivity contribution in [2.24, 2.45) is 0 Å². The molecule has 0 amide bonds. The topological polar surface area (TPSA) is 110 Å². The van der Waals surface area contributed by atoms with Crippen LogP contribution in [-0.4, -0.2) is 48.9 Å². The molecule has 414 valence electrons. The summed E-state index contributed by atoms with van der Waals surface area (Å²) in [7, 11) is 2.86. The van der Waals surface area contributed by atoms with E-state index in [1.807, 2.05) is 12.2 Å². The summed E-state index contributed by atoms with van der Waals surface area (Å²) in [6, 6.07) is 0. The molecule has 0 fully saturated rings. The van der Waals surface area contributed by atoms with Crippen LogP contribution >= 0.6 is 0 Å². The van der Waals surface area contributed by atoms with Gasteiger partial charge in [-0.1, -0.05) is 222 Å². The predicted molar refractivity (Wildman–Crippen MR) is 321 cm³/mol. The normalized spacial score (nSPS) is 12.6. The van der Waals surface area contributed by atoms with E-state index in [-0.39, 0.29) is 25.0 Å². The number of esters is 2. The number of allylic oxidation sites excluding steroid dienone is 29. The minimum absolute atomic E-state index is 0.124. The molecule has 0 aliphatic heterocycles. The minimum atomic E-state index is -0.723. The monoisotopic (exact) mass is 1020 g/mol. The number of ether oxygens (including phenoxy) is 2. The highest BCUT2D eigenvalue weighted by atomic mass is 16.5. The Hall–Kier alpha value is -5.53. The fraction of sp³-hybridized carbons (Fsp3) is 0.507. The van der Waals surface area contributed by atoms with E-state index < -0.39 is 5.97 Å². The van der Waals surface area contributed by atoms with Crippen molar-refractivity contribution >= 4 is 17.9 Å². The Balaban J connectivity index is -0.00000102. The molecule has 0 heterocycles. The molecule has 0 spiro atoms. The summed E-state index contributed by atoms with van der Waals surface area (Å²) in [5, 5.41) is 17.1. The first-order valence-electron chi connectivity index (χ1n) is 28.1. The van der Waals surface area contributed by atoms with Gasteiger partial charge in [0.2, 0.25) is 0 Å². The van der Waals surface area contributed by atoms with E-state index in [4.69, 9.17) is 10.2 Å². The van der Waals surface area contributed by atoms with E-state index in [1.165, 1.54) is 59.2 Å². The molecule has 0 unspecified atom stereocenters. The zero-order chi connectivity index (χ0) is 54.6. The molecule has 0 aromatic rings. The van der Waals surface area contributed by atoms with Gasteiger partial charge in [0, 0.05) is 25.9 Å². The third-order valence-electron chi connectivity index (χ3n) is 10.5. The lowest BCUT2D eigenvalue weighted by Crippen LogP contribution is -1.98. The van der Waals surface area contributed by atoms with Crippen molar-refractivity contribution in [1.82, 2.24) is 0 Å². The zero-order valence-electron chi connectivity index (χ0n) is 47.0. The van der Waals surface area contributed by atoms with Gasteiger partial charge in [-0.25, -0.2) is 0 Å². The van der Waals surface area contributed by atoms with Crippen molar-refractivity contribution in [3.05, 3.63) is 182 Å². The van der Waals surface area contributed by atoms with Gasteiger partial charge in [0.05, 0.1) is 14.2 Å². The number of aliphatic hydroxyl groups excluding tert-OH is 1. The number of methoxy groups -OCH3 is 2. The maximum atomic E-state index is 10.9. The molecule has 0 radical (unpaired) electrons. The first-order valence-corrected chi connectivity index (χ1v) is 28.1. The maximum Gasteiger partial charge on any atom is 0.305 e. The van der Waals surface area contributed by atoms with Gasteiger partial charge in [0.15, 0.2) is 0 Å². The highest BCUT2D eigenvalue weighted by Gasteiger charge is 1.97. The zero-order valence-corrected chi connectivity index (χ0v) is 47.0. The van der Waals surface area contributed by atoms with E-state index in [9.17, 15) is 14.4 Å². The molecule has 74 heavy (non-hydrogen) atoms. The molecule has 0 atom stereocenters. The fourth-order valence-corrected chi connectivity index (χ4v) is 6.19. The second-order valence-electron chi connectivity index (χ2n) is 17.3. The average Bonchev–Trinajstić information content (AvgIpc) is 3.40. The Bertz CT molecular complexity index is 1700. The largest absolute Gasteiger partial charge is 0.481 e. The third-order valence-corrected chi connectivity index (χ3v) is 10.5. The van der Waals surface area contributed by atoms with Gasteiger partial charge < -0.3 is 19.7 Å². The standard InChI is InChI=1S/C23H34O3.C22H36O2.C22H34O2/c24-22-20-18-16-14-12-10-8-6-4-2-1-3-5-7-9-11-13-15-17-19-21-23(25)26;2*1-3-4-5-6-7-8-9-10-11-12-13-14-15-16-17-18-19-20-21-22(23)24-2/h1,3-4,6-7,9-10,12-13,15-16,18,24H,2,5,8,11,14,17,19-22H2,(H,25,26);8-9,11-12,14-15,17-18H,3-7,10,13,16,19-21H2,1-2H3;5-6,8-9,11-12,14-15,17-18H,3-4,7,10,13,16,19-21H2,1-2H3/b3-1-,6-4-,9-7-,12-10-,15-13-,18-16-;9-8-,12-11-,15-14-,18-17-;6-5-,9-8-,12-11-,15-14-,18-17-. The van der Waals surface area contributed by atoms with Crippen molar-refractivity contribution in [1.29, 1.82) is 0 Å². The number of carboxylic acids is 1. The van der Waals surface area contributed by atoms with Crippen LogP contribution in [0.5, 0.6) is 0 Å². The Morgan fingerprint density at radius 1 is 0.297 bits per heavy atom. The summed E-state index contributed by atoms with van der Waals surface area (Å²) in [5.41, 5.74) is 0. The molecular weight excluding hydrogens is 917 g/mol. The second kappa shape index (κ2) is 69.5. The fourth-order valence-electron chi connectivity index (χ4n) is 6.19. The minimum Gasteiger partial charge on any atom is -0.481 e. The molecule has 0 aliphatic rings. The van der Waals surface area contributed by atoms with Crippen LogP contribution in [0.25, 0.3) is 0 Å². The van der Waals surface area contributed by atoms with Gasteiger partial charge in [0.1, 0.15) is 0 Å². The van der Waals surface area contributed by atoms with Gasteiger partial charge in [-0.3, -0.25) is 14.4 Å². The van der Waals surface area contributed by atoms with Crippen LogP contribution in [0.1, 0.15) is 200 Å². The van der Waals surface area contributed by atoms with Crippen LogP contribution in [-0.2, 0) is 23.9 Å². The van der Waals surface area contributed by atoms with Crippen molar-refractivity contribution in [3.63, 3.8) is 0 Å². The molecule has 0 aromatic carbocycles. The SMILES string of the molecule is CCC/C=C\C/C=C\C/C=C\C/C=C\C/C=C\CCCC(=O)OC.CCCCCC/C=C\C/C=C\C/C=C\C/C=C\CCCC(=O)OC.O=C(O)CCC/C=C\C/C=C\C/C=C\C/C=C\C/C=C\C/C=C\CCO. The molecular formula is C67H104O7. The molecule has 0 bridgehead atoms. The van der Waals surface area contributed by atoms with E-state index in [0.717, 1.165) is 116 Å². The summed E-state index contributed by atoms with van der Waals surface area (Å²) in [6.07, 6.45) is 92.9. The Labute approximate surface area is 453 Å². The van der Waals surface area contributed by atoms with Crippen molar-refractivity contribution in [3.8, 4) is 0 Å². The van der Waals surface area contributed by atoms with Crippen molar-refractivity contribution in [2.75, 3.05) is 20.8 Å². The number of hydrogen-bond donors (Lipinski definition) is 2. The lowest BCUT2D eigenvalue weighted by atomic mass is 10.1. The van der Waals surface area contributed by atoms with Crippen LogP contribution in [0.15, 0.2) is 182 Å². The van der Waals surface area contributed by atoms with Gasteiger partial charge in [0.25, 0.3) is 0 Å². The predicted octanol–water partition coefficient (Wildman–Crippen LogP) is 19.1. The summed E-state index contributed by atoms with van der Waals surface area (Å²) < 4.78 is 9.19. The highest BCUT2D eigenvalue weighted by molar-refractivity contribution is 5.69. The van der Waals surface area contributed by atoms with Crippen LogP contribution < -0.4 is 0 Å². The number of carbonyl (C=O) groups is 3. The van der Waals surface area contributed by atoms with Crippen LogP contribution in [0, 0.1) is 0 Å². The molecule has 0 saturated heterocycles. The first-order chi connectivity index (χ1) is 36.4. The number of unbranched alkanes of at least 4 members (excludes halogenated alkanes) is 8. The van der Waals surface area contributed by atoms with E-state index in [2.05, 4.69) is 193 Å². The van der Waals surface area contributed by atoms with Gasteiger partial charge >= 0.3 is 17.9 Å². The Morgan fingerprint density at radius 3 is 0.784 bits per heavy atom. The Morgan fingerprint density at radius 2 is 0.541 bits per heavy atom. The second-order valence-corrected chi connectivity index (χ2v) is 17.3. The lowest BCUT2D eigenvalue weighted by molar-refractivity contribution is -0.141. The Kier molecular flexibility index (Phi) is 68.3. The van der Waals surface area contributed by atoms with Crippen LogP contribution in [0.4, 0.5) is 0 Å². The number of hydrogen-bond acceptors (Lipinski definition) is 6. The molecule has 7 nitrogen and oxygen atoms in total. The van der Waals surface area contributed by atoms with E-state index >= 15 is 0 Å². The first kappa shape index (κ1) is 72.7. The molecule has 2 N–H and O–H groups in total. The van der Waals surface area contributed by atoms with Crippen molar-refractivity contribution in [2.45, 2.75) is 200 Å². The summed E-state index contributed by atoms with van der Waals surface area (Å²) >= 11 is 0. The number of aliphatic carboxylic acids is 1. The molecule has 0 saturated carbocycles. The lowest BCUT2D eigenvalue weighted by Gasteiger charge is -1.95. The number of rotatable bonds is 45. The number of aliphatic hydroxyl groups is 1. The summed E-state index contributed by atoms with van der Waals surface area (Å²) in [5.74, 6) is -0.974. The van der Waals surface area contributed by atoms with Crippen molar-refractivity contribution < 1.29 is 34.1 Å². The average molecular weight is 1020 g/mol. The van der Waals surface area contributed by atoms with Gasteiger partial charge in [-0.2, -0.15) is 0 Å². The van der Waals surface area contributed by atoms with E-state index in [1.54, 1.807) is 0 Å². The van der Waals surface area contributed by atoms with Gasteiger partial charge in [-0.05, 0) is 141 Å². The molecule has 0 rings (SSSR count). The molecule has 7 heteroatoms. The number of carbonyl (C=O) groups excluding carboxylic acids is 2. The van der Waals surface area contributed by atoms with E-state index in [0.29, 0.717) is 19.3 Å². The maximum absolute atomic E-state index is 10.9. The summed E-state index contributed by atoms with van der Waals surface area (Å²) in [6.45, 7) is 4.67. The van der Waals surface area contributed by atoms with Crippen LogP contribution in [0.3, 0.4) is 0 Å². The van der Waals surface area contributed by atoms with Crippen LogP contribution in [0.2, 0.25) is 0 Å². The molecule has 0 aromatic heterocycles. The quantitative estimate of drug-likeness (QED) is 0.0355. The summed E-state index contributed by atoms with van der Waals surface area (Å²) in [4.78, 5) is 32.2.